The summed E-state index contributed by atoms with van der Waals surface area (Å²) in [4.78, 5) is 33.7. The van der Waals surface area contributed by atoms with Crippen LogP contribution in [0.25, 0.3) is 0 Å². The number of methoxy groups -OCH3 is 1. The fourth-order valence-corrected chi connectivity index (χ4v) is 3.95. The molecule has 0 N–H and O–H groups in total. The summed E-state index contributed by atoms with van der Waals surface area (Å²) in [6.45, 7) is 0. The number of hydrogen-bond donors (Lipinski definition) is 0. The van der Waals surface area contributed by atoms with Gasteiger partial charge in [-0.15, -0.1) is 0 Å². The third kappa shape index (κ3) is 2.70. The lowest BCUT2D eigenvalue weighted by Crippen LogP contribution is -2.37. The molecule has 146 valence electrons. The van der Waals surface area contributed by atoms with E-state index in [0.717, 1.165) is 5.69 Å². The highest BCUT2D eigenvalue weighted by Crippen LogP contribution is 2.47. The first-order valence-corrected chi connectivity index (χ1v) is 9.25. The summed E-state index contributed by atoms with van der Waals surface area (Å²) >= 11 is 0. The number of hydrogen-bond acceptors (Lipinski definition) is 6. The molecule has 0 unspecified atom stereocenters. The molecule has 7 nitrogen and oxygen atoms in total. The monoisotopic (exact) mass is 390 g/mol. The third-order valence-corrected chi connectivity index (χ3v) is 5.29. The maximum absolute atomic E-state index is 13.4. The standard InChI is InChI=1S/C22H18N2O5/c1-27-16-11-9-14(10-12-16)23-21(25)18-19(17-8-5-13-28-17)24(29-20(18)22(23)26)15-6-3-2-4-7-15/h2-13,18-20H,1H3/t18-,19-,20-/m1/s1. The molecule has 3 heterocycles. The first-order valence-electron chi connectivity index (χ1n) is 9.25. The van der Waals surface area contributed by atoms with E-state index in [9.17, 15) is 9.59 Å². The number of carbonyl (C=O) groups is 2. The minimum atomic E-state index is -0.917. The van der Waals surface area contributed by atoms with Crippen molar-refractivity contribution >= 4 is 23.2 Å². The molecule has 2 saturated heterocycles. The smallest absolute Gasteiger partial charge is 0.266 e. The summed E-state index contributed by atoms with van der Waals surface area (Å²) in [5, 5.41) is 1.61. The van der Waals surface area contributed by atoms with Crippen molar-refractivity contribution in [3.63, 3.8) is 0 Å². The molecule has 0 saturated carbocycles. The number of para-hydroxylation sites is 1. The van der Waals surface area contributed by atoms with Gasteiger partial charge in [0.15, 0.2) is 6.10 Å². The van der Waals surface area contributed by atoms with Crippen LogP contribution in [0.15, 0.2) is 77.4 Å². The molecule has 2 amide bonds. The maximum atomic E-state index is 13.4. The molecular weight excluding hydrogens is 372 g/mol. The normalized spacial score (nSPS) is 23.6. The van der Waals surface area contributed by atoms with Gasteiger partial charge in [0.2, 0.25) is 5.91 Å². The number of rotatable bonds is 4. The molecule has 2 aromatic carbocycles. The van der Waals surface area contributed by atoms with Crippen molar-refractivity contribution in [3.8, 4) is 5.75 Å². The van der Waals surface area contributed by atoms with E-state index < -0.39 is 18.1 Å². The molecule has 29 heavy (non-hydrogen) atoms. The Labute approximate surface area is 167 Å². The van der Waals surface area contributed by atoms with E-state index in [1.165, 1.54) is 4.90 Å². The largest absolute Gasteiger partial charge is 0.497 e. The van der Waals surface area contributed by atoms with Crippen LogP contribution in [0.3, 0.4) is 0 Å². The highest BCUT2D eigenvalue weighted by molar-refractivity contribution is 6.23. The van der Waals surface area contributed by atoms with Crippen molar-refractivity contribution in [1.29, 1.82) is 0 Å². The Hall–Kier alpha value is -3.58. The molecule has 2 fully saturated rings. The number of ether oxygens (including phenoxy) is 1. The molecule has 3 atom stereocenters. The Kier molecular flexibility index (Phi) is 4.10. The van der Waals surface area contributed by atoms with Crippen molar-refractivity contribution < 1.29 is 23.6 Å². The van der Waals surface area contributed by atoms with Crippen molar-refractivity contribution in [2.45, 2.75) is 12.1 Å². The van der Waals surface area contributed by atoms with Crippen LogP contribution in [-0.4, -0.2) is 25.0 Å². The molecule has 3 aromatic rings. The van der Waals surface area contributed by atoms with Gasteiger partial charge in [-0.05, 0) is 48.5 Å². The van der Waals surface area contributed by atoms with Gasteiger partial charge in [-0.2, -0.15) is 0 Å². The van der Waals surface area contributed by atoms with Crippen LogP contribution in [0.1, 0.15) is 11.8 Å². The van der Waals surface area contributed by atoms with Gasteiger partial charge in [0.1, 0.15) is 23.5 Å². The van der Waals surface area contributed by atoms with Crippen LogP contribution in [0.4, 0.5) is 11.4 Å². The summed E-state index contributed by atoms with van der Waals surface area (Å²) in [5.74, 6) is -0.201. The summed E-state index contributed by atoms with van der Waals surface area (Å²) in [5.41, 5.74) is 1.24. The number of carbonyl (C=O) groups excluding carboxylic acids is 2. The summed E-state index contributed by atoms with van der Waals surface area (Å²) < 4.78 is 10.8. The molecule has 0 bridgehead atoms. The number of nitrogens with zero attached hydrogens (tertiary/aromatic N) is 2. The van der Waals surface area contributed by atoms with Crippen LogP contribution in [-0.2, 0) is 14.4 Å². The number of furan rings is 1. The zero-order valence-electron chi connectivity index (χ0n) is 15.6. The van der Waals surface area contributed by atoms with Gasteiger partial charge in [-0.1, -0.05) is 18.2 Å². The molecule has 0 radical (unpaired) electrons. The molecule has 2 aliphatic rings. The van der Waals surface area contributed by atoms with Gasteiger partial charge in [0, 0.05) is 0 Å². The minimum absolute atomic E-state index is 0.315. The molecule has 0 aliphatic carbocycles. The average molecular weight is 390 g/mol. The predicted molar refractivity (Wildman–Crippen MR) is 104 cm³/mol. The minimum Gasteiger partial charge on any atom is -0.497 e. The number of hydroxylamine groups is 1. The fraction of sp³-hybridized carbons (Fsp3) is 0.182. The van der Waals surface area contributed by atoms with Crippen molar-refractivity contribution in [2.24, 2.45) is 5.92 Å². The molecule has 1 aromatic heterocycles. The Bertz CT molecular complexity index is 1030. The number of anilines is 2. The summed E-state index contributed by atoms with van der Waals surface area (Å²) in [7, 11) is 1.56. The second-order valence-corrected chi connectivity index (χ2v) is 6.88. The lowest BCUT2D eigenvalue weighted by Gasteiger charge is -2.27. The zero-order valence-corrected chi connectivity index (χ0v) is 15.6. The van der Waals surface area contributed by atoms with Crippen LogP contribution in [0, 0.1) is 5.92 Å². The van der Waals surface area contributed by atoms with Gasteiger partial charge in [-0.25, -0.2) is 9.96 Å². The van der Waals surface area contributed by atoms with Crippen LogP contribution in [0.2, 0.25) is 0 Å². The molecule has 5 rings (SSSR count). The molecule has 2 aliphatic heterocycles. The van der Waals surface area contributed by atoms with Gasteiger partial charge in [-0.3, -0.25) is 14.4 Å². The van der Waals surface area contributed by atoms with Gasteiger partial charge < -0.3 is 9.15 Å². The molecular formula is C22H18N2O5. The number of imide groups is 1. The summed E-state index contributed by atoms with van der Waals surface area (Å²) in [6.07, 6.45) is 0.633. The van der Waals surface area contributed by atoms with E-state index in [4.69, 9.17) is 14.0 Å². The highest BCUT2D eigenvalue weighted by Gasteiger charge is 2.61. The maximum Gasteiger partial charge on any atom is 0.266 e. The number of benzene rings is 2. The van der Waals surface area contributed by atoms with Crippen molar-refractivity contribution in [1.82, 2.24) is 0 Å². The molecule has 0 spiro atoms. The van der Waals surface area contributed by atoms with E-state index in [-0.39, 0.29) is 11.8 Å². The van der Waals surface area contributed by atoms with Crippen molar-refractivity contribution in [3.05, 3.63) is 78.8 Å². The topological polar surface area (TPSA) is 72.2 Å². The SMILES string of the molecule is COc1ccc(N2C(=O)[C@@H]3[C@@H](c4ccco4)N(c4ccccc4)O[C@H]3C2=O)cc1. The van der Waals surface area contributed by atoms with Crippen molar-refractivity contribution in [2.75, 3.05) is 17.1 Å². The van der Waals surface area contributed by atoms with E-state index in [1.54, 1.807) is 54.8 Å². The lowest BCUT2D eigenvalue weighted by molar-refractivity contribution is -0.126. The summed E-state index contributed by atoms with van der Waals surface area (Å²) in [6, 6.07) is 19.2. The van der Waals surface area contributed by atoms with Crippen LogP contribution < -0.4 is 14.7 Å². The van der Waals surface area contributed by atoms with Gasteiger partial charge in [0.25, 0.3) is 5.91 Å². The second kappa shape index (κ2) is 6.79. The van der Waals surface area contributed by atoms with Gasteiger partial charge in [0.05, 0.1) is 24.7 Å². The molecule has 7 heteroatoms. The van der Waals surface area contributed by atoms with Gasteiger partial charge >= 0.3 is 0 Å². The highest BCUT2D eigenvalue weighted by atomic mass is 16.7. The second-order valence-electron chi connectivity index (χ2n) is 6.88. The van der Waals surface area contributed by atoms with E-state index in [0.29, 0.717) is 17.2 Å². The first kappa shape index (κ1) is 17.5. The fourth-order valence-electron chi connectivity index (χ4n) is 3.95. The van der Waals surface area contributed by atoms with E-state index >= 15 is 0 Å². The third-order valence-electron chi connectivity index (χ3n) is 5.29. The van der Waals surface area contributed by atoms with Crippen LogP contribution in [0.5, 0.6) is 5.75 Å². The van der Waals surface area contributed by atoms with Crippen LogP contribution >= 0.6 is 0 Å². The number of fused-ring (bicyclic) bond motifs is 1. The Morgan fingerprint density at radius 3 is 2.28 bits per heavy atom. The van der Waals surface area contributed by atoms with E-state index in [1.807, 2.05) is 30.3 Å². The Morgan fingerprint density at radius 1 is 0.862 bits per heavy atom. The first-order chi connectivity index (χ1) is 14.2. The number of amides is 2. The zero-order chi connectivity index (χ0) is 20.0. The Balaban J connectivity index is 1.54. The Morgan fingerprint density at radius 2 is 1.62 bits per heavy atom. The predicted octanol–water partition coefficient (Wildman–Crippen LogP) is 3.34. The average Bonchev–Trinajstić information content (AvgIpc) is 3.47. The van der Waals surface area contributed by atoms with E-state index in [2.05, 4.69) is 0 Å². The lowest BCUT2D eigenvalue weighted by atomic mass is 9.94. The quantitative estimate of drug-likeness (QED) is 0.637.